The number of benzene rings is 3. The summed E-state index contributed by atoms with van der Waals surface area (Å²) < 4.78 is 12.0. The number of phenols is 1. The van der Waals surface area contributed by atoms with E-state index in [9.17, 15) is 9.90 Å². The number of rotatable bonds is 7. The summed E-state index contributed by atoms with van der Waals surface area (Å²) in [7, 11) is 0. The van der Waals surface area contributed by atoms with E-state index in [1.165, 1.54) is 17.5 Å². The Balaban J connectivity index is 1.52. The third-order valence-corrected chi connectivity index (χ3v) is 6.59. The Morgan fingerprint density at radius 3 is 2.42 bits per heavy atom. The van der Waals surface area contributed by atoms with E-state index in [1.54, 1.807) is 12.1 Å². The molecule has 3 aromatic carbocycles. The minimum atomic E-state index is -0.303. The molecule has 1 aliphatic rings. The highest BCUT2D eigenvalue weighted by atomic mass is 16.5. The van der Waals surface area contributed by atoms with E-state index in [4.69, 9.17) is 9.47 Å². The summed E-state index contributed by atoms with van der Waals surface area (Å²) in [5.74, 6) is 2.55. The predicted octanol–water partition coefficient (Wildman–Crippen LogP) is 7.85. The number of carbonyl (C=O) groups is 1. The summed E-state index contributed by atoms with van der Waals surface area (Å²) in [6.45, 7) is 10.5. The van der Waals surface area contributed by atoms with E-state index in [0.29, 0.717) is 23.8 Å². The fourth-order valence-corrected chi connectivity index (χ4v) is 4.85. The first kappa shape index (κ1) is 25.4. The Kier molecular flexibility index (Phi) is 7.73. The summed E-state index contributed by atoms with van der Waals surface area (Å²) in [5.41, 5.74) is 6.55. The Morgan fingerprint density at radius 1 is 1.00 bits per heavy atom. The van der Waals surface area contributed by atoms with Crippen LogP contribution >= 0.6 is 0 Å². The van der Waals surface area contributed by atoms with E-state index in [1.807, 2.05) is 58.9 Å². The number of hydrogen-bond donors (Lipinski definition) is 3. The van der Waals surface area contributed by atoms with Crippen molar-refractivity contribution in [3.05, 3.63) is 70.3 Å². The van der Waals surface area contributed by atoms with Gasteiger partial charge in [0.25, 0.3) is 0 Å². The average molecular weight is 489 g/mol. The van der Waals surface area contributed by atoms with Gasteiger partial charge in [-0.2, -0.15) is 0 Å². The molecule has 0 unspecified atom stereocenters. The number of anilines is 2. The molecule has 3 N–H and O–H groups in total. The minimum absolute atomic E-state index is 0.180. The smallest absolute Gasteiger partial charge is 0.323 e. The molecule has 6 heteroatoms. The number of urea groups is 1. The molecule has 36 heavy (non-hydrogen) atoms. The van der Waals surface area contributed by atoms with Gasteiger partial charge in [0.05, 0.1) is 12.3 Å². The van der Waals surface area contributed by atoms with Crippen LogP contribution in [0.25, 0.3) is 0 Å². The summed E-state index contributed by atoms with van der Waals surface area (Å²) in [5, 5.41) is 16.1. The molecule has 0 radical (unpaired) electrons. The second kappa shape index (κ2) is 10.9. The van der Waals surface area contributed by atoms with Crippen molar-refractivity contribution in [1.29, 1.82) is 0 Å². The van der Waals surface area contributed by atoms with E-state index in [0.717, 1.165) is 47.4 Å². The molecule has 0 spiro atoms. The number of carbonyl (C=O) groups excluding carboxylic acids is 1. The van der Waals surface area contributed by atoms with Crippen molar-refractivity contribution < 1.29 is 19.4 Å². The molecular formula is C30H36N2O4. The number of ether oxygens (including phenoxy) is 2. The Bertz CT molecular complexity index is 1240. The minimum Gasteiger partial charge on any atom is -0.508 e. The van der Waals surface area contributed by atoms with Gasteiger partial charge in [0.15, 0.2) is 0 Å². The van der Waals surface area contributed by atoms with Crippen molar-refractivity contribution in [2.45, 2.75) is 66.2 Å². The number of hydrogen-bond acceptors (Lipinski definition) is 4. The number of phenolic OH excluding ortho intramolecular Hbond substituents is 1. The fraction of sp³-hybridized carbons (Fsp3) is 0.367. The van der Waals surface area contributed by atoms with Gasteiger partial charge < -0.3 is 25.2 Å². The van der Waals surface area contributed by atoms with E-state index in [-0.39, 0.29) is 17.7 Å². The highest BCUT2D eigenvalue weighted by Crippen LogP contribution is 2.37. The van der Waals surface area contributed by atoms with Gasteiger partial charge in [-0.25, -0.2) is 4.79 Å². The first-order valence-corrected chi connectivity index (χ1v) is 12.7. The quantitative estimate of drug-likeness (QED) is 0.316. The topological polar surface area (TPSA) is 79.8 Å². The molecule has 0 saturated carbocycles. The van der Waals surface area contributed by atoms with Crippen LogP contribution in [0.4, 0.5) is 16.2 Å². The maximum absolute atomic E-state index is 13.0. The van der Waals surface area contributed by atoms with Crippen LogP contribution in [0.15, 0.2) is 42.5 Å². The lowest BCUT2D eigenvalue weighted by atomic mass is 9.90. The van der Waals surface area contributed by atoms with Crippen LogP contribution in [0.3, 0.4) is 0 Å². The molecule has 2 amide bonds. The Labute approximate surface area is 213 Å². The van der Waals surface area contributed by atoms with Crippen LogP contribution in [-0.2, 0) is 12.8 Å². The summed E-state index contributed by atoms with van der Waals surface area (Å²) >= 11 is 0. The molecule has 0 bridgehead atoms. The molecule has 0 saturated heterocycles. The highest BCUT2D eigenvalue weighted by molar-refractivity contribution is 6.01. The van der Waals surface area contributed by atoms with Crippen molar-refractivity contribution in [3.8, 4) is 23.0 Å². The van der Waals surface area contributed by atoms with Gasteiger partial charge >= 0.3 is 6.03 Å². The number of aromatic hydroxyl groups is 1. The molecule has 0 aromatic heterocycles. The zero-order chi connectivity index (χ0) is 25.8. The molecule has 3 aromatic rings. The zero-order valence-electron chi connectivity index (χ0n) is 21.8. The number of nitrogens with one attached hydrogen (secondary N) is 2. The van der Waals surface area contributed by atoms with Crippen molar-refractivity contribution in [1.82, 2.24) is 0 Å². The SMILES string of the molecule is CCOc1ccc2c(c1NC(=O)Nc1cc(C)c(Oc3ccc(O)c(C(C)C)c3)c(C)c1)CCCC2. The predicted molar refractivity (Wildman–Crippen MR) is 145 cm³/mol. The van der Waals surface area contributed by atoms with Crippen molar-refractivity contribution in [2.75, 3.05) is 17.2 Å². The maximum Gasteiger partial charge on any atom is 0.323 e. The van der Waals surface area contributed by atoms with Crippen LogP contribution in [0.5, 0.6) is 23.0 Å². The standard InChI is InChI=1S/C30H36N2O4/c1-6-35-27-14-11-21-9-7-8-10-24(21)28(27)32-30(34)31-22-15-19(4)29(20(5)16-22)36-23-12-13-26(33)25(17-23)18(2)3/h11-18,33H,6-10H2,1-5H3,(H2,31,32,34). The number of fused-ring (bicyclic) bond motifs is 1. The number of aryl methyl sites for hydroxylation is 3. The lowest BCUT2D eigenvalue weighted by molar-refractivity contribution is 0.262. The second-order valence-corrected chi connectivity index (χ2v) is 9.71. The number of amides is 2. The molecule has 4 rings (SSSR count). The van der Waals surface area contributed by atoms with Gasteiger partial charge in [0.2, 0.25) is 0 Å². The molecule has 0 atom stereocenters. The van der Waals surface area contributed by atoms with Crippen LogP contribution in [0, 0.1) is 13.8 Å². The van der Waals surface area contributed by atoms with Crippen LogP contribution in [0.2, 0.25) is 0 Å². The molecular weight excluding hydrogens is 452 g/mol. The molecule has 0 heterocycles. The van der Waals surface area contributed by atoms with Gasteiger partial charge in [0.1, 0.15) is 23.0 Å². The monoisotopic (exact) mass is 488 g/mol. The van der Waals surface area contributed by atoms with Gasteiger partial charge in [0, 0.05) is 11.3 Å². The average Bonchev–Trinajstić information content (AvgIpc) is 2.83. The molecule has 1 aliphatic carbocycles. The maximum atomic E-state index is 13.0. The Morgan fingerprint density at radius 2 is 1.72 bits per heavy atom. The van der Waals surface area contributed by atoms with Crippen molar-refractivity contribution in [3.63, 3.8) is 0 Å². The summed E-state index contributed by atoms with van der Waals surface area (Å²) in [6, 6.07) is 12.9. The third kappa shape index (κ3) is 5.59. The first-order chi connectivity index (χ1) is 17.3. The van der Waals surface area contributed by atoms with E-state index in [2.05, 4.69) is 16.7 Å². The van der Waals surface area contributed by atoms with Gasteiger partial charge in [-0.15, -0.1) is 0 Å². The van der Waals surface area contributed by atoms with Crippen LogP contribution in [-0.4, -0.2) is 17.7 Å². The second-order valence-electron chi connectivity index (χ2n) is 9.71. The lowest BCUT2D eigenvalue weighted by Crippen LogP contribution is -2.22. The molecule has 190 valence electrons. The molecule has 0 aliphatic heterocycles. The summed E-state index contributed by atoms with van der Waals surface area (Å²) in [4.78, 5) is 13.0. The fourth-order valence-electron chi connectivity index (χ4n) is 4.85. The van der Waals surface area contributed by atoms with Gasteiger partial charge in [-0.3, -0.25) is 0 Å². The zero-order valence-corrected chi connectivity index (χ0v) is 21.8. The summed E-state index contributed by atoms with van der Waals surface area (Å²) in [6.07, 6.45) is 4.24. The van der Waals surface area contributed by atoms with E-state index >= 15 is 0 Å². The van der Waals surface area contributed by atoms with E-state index < -0.39 is 0 Å². The first-order valence-electron chi connectivity index (χ1n) is 12.7. The van der Waals surface area contributed by atoms with Crippen LogP contribution in [0.1, 0.15) is 67.3 Å². The van der Waals surface area contributed by atoms with Crippen LogP contribution < -0.4 is 20.1 Å². The lowest BCUT2D eigenvalue weighted by Gasteiger charge is -2.22. The van der Waals surface area contributed by atoms with Gasteiger partial charge in [-0.1, -0.05) is 19.9 Å². The van der Waals surface area contributed by atoms with Crippen molar-refractivity contribution in [2.24, 2.45) is 0 Å². The highest BCUT2D eigenvalue weighted by Gasteiger charge is 2.20. The Hall–Kier alpha value is -3.67. The molecule has 0 fully saturated rings. The van der Waals surface area contributed by atoms with Gasteiger partial charge in [-0.05, 0) is 111 Å². The third-order valence-electron chi connectivity index (χ3n) is 6.59. The largest absolute Gasteiger partial charge is 0.508 e. The normalized spacial score (nSPS) is 12.7. The molecule has 6 nitrogen and oxygen atoms in total. The van der Waals surface area contributed by atoms with Crippen molar-refractivity contribution >= 4 is 17.4 Å².